The van der Waals surface area contributed by atoms with E-state index in [2.05, 4.69) is 9.88 Å². The summed E-state index contributed by atoms with van der Waals surface area (Å²) in [4.78, 5) is 21.9. The monoisotopic (exact) mass is 381 g/mol. The van der Waals surface area contributed by atoms with Crippen LogP contribution < -0.4 is 0 Å². The highest BCUT2D eigenvalue weighted by Crippen LogP contribution is 2.39. The summed E-state index contributed by atoms with van der Waals surface area (Å²) in [5.74, 6) is 0.920. The molecule has 6 nitrogen and oxygen atoms in total. The van der Waals surface area contributed by atoms with Gasteiger partial charge >= 0.3 is 0 Å². The predicted octanol–water partition coefficient (Wildman–Crippen LogP) is 1.78. The maximum Gasteiger partial charge on any atom is 0.255 e. The second kappa shape index (κ2) is 7.43. The van der Waals surface area contributed by atoms with Gasteiger partial charge in [0.25, 0.3) is 5.91 Å². The van der Waals surface area contributed by atoms with Crippen LogP contribution in [0, 0.1) is 11.8 Å². The Labute approximate surface area is 165 Å². The quantitative estimate of drug-likeness (QED) is 0.859. The summed E-state index contributed by atoms with van der Waals surface area (Å²) in [5, 5.41) is 11.7. The van der Waals surface area contributed by atoms with Crippen molar-refractivity contribution in [1.29, 1.82) is 0 Å². The number of nitrogens with zero attached hydrogens (tertiary/aromatic N) is 3. The van der Waals surface area contributed by atoms with Crippen molar-refractivity contribution in [2.75, 3.05) is 39.4 Å². The molecule has 1 aromatic heterocycles. The first kappa shape index (κ1) is 18.0. The van der Waals surface area contributed by atoms with Crippen LogP contribution in [0.3, 0.4) is 0 Å². The van der Waals surface area contributed by atoms with Gasteiger partial charge in [0.2, 0.25) is 0 Å². The lowest BCUT2D eigenvalue weighted by atomic mass is 9.77. The summed E-state index contributed by atoms with van der Waals surface area (Å²) >= 11 is 0. The number of pyridine rings is 1. The molecule has 1 N–H and O–H groups in total. The fourth-order valence-electron chi connectivity index (χ4n) is 5.25. The first-order valence-corrected chi connectivity index (χ1v) is 10.3. The number of carbonyl (C=O) groups is 1. The highest BCUT2D eigenvalue weighted by atomic mass is 16.5. The van der Waals surface area contributed by atoms with Crippen LogP contribution in [0.2, 0.25) is 0 Å². The van der Waals surface area contributed by atoms with Gasteiger partial charge in [0, 0.05) is 43.8 Å². The van der Waals surface area contributed by atoms with E-state index in [1.807, 2.05) is 35.2 Å². The van der Waals surface area contributed by atoms with Crippen LogP contribution in [0.25, 0.3) is 10.9 Å². The van der Waals surface area contributed by atoms with E-state index in [1.165, 1.54) is 0 Å². The number of hydrogen-bond donors (Lipinski definition) is 1. The van der Waals surface area contributed by atoms with E-state index in [0.29, 0.717) is 17.4 Å². The summed E-state index contributed by atoms with van der Waals surface area (Å²) in [5.41, 5.74) is 1.56. The fourth-order valence-corrected chi connectivity index (χ4v) is 5.25. The summed E-state index contributed by atoms with van der Waals surface area (Å²) in [7, 11) is 0. The molecule has 0 bridgehead atoms. The number of aliphatic hydroxyl groups excluding tert-OH is 1. The maximum atomic E-state index is 13.1. The third kappa shape index (κ3) is 3.30. The highest BCUT2D eigenvalue weighted by Gasteiger charge is 2.44. The summed E-state index contributed by atoms with van der Waals surface area (Å²) in [6.45, 7) is 4.80. The SMILES string of the molecule is O=C(c1cnc2ccccc2c1)N1C[C@H]2C[C@@H](N3CCOCC3)[C@H](O)C[C@H]2C1. The average molecular weight is 381 g/mol. The number of rotatable bonds is 2. The summed E-state index contributed by atoms with van der Waals surface area (Å²) in [6, 6.07) is 10.0. The second-order valence-corrected chi connectivity index (χ2v) is 8.40. The first-order valence-electron chi connectivity index (χ1n) is 10.3. The van der Waals surface area contributed by atoms with Gasteiger partial charge < -0.3 is 14.7 Å². The molecule has 5 rings (SSSR count). The Kier molecular flexibility index (Phi) is 4.78. The maximum absolute atomic E-state index is 13.1. The minimum absolute atomic E-state index is 0.0602. The van der Waals surface area contributed by atoms with Crippen LogP contribution in [0.15, 0.2) is 36.5 Å². The molecule has 1 amide bonds. The van der Waals surface area contributed by atoms with E-state index >= 15 is 0 Å². The Morgan fingerprint density at radius 3 is 2.68 bits per heavy atom. The zero-order valence-electron chi connectivity index (χ0n) is 16.0. The lowest BCUT2D eigenvalue weighted by molar-refractivity contribution is -0.0520. The fraction of sp³-hybridized carbons (Fsp3) is 0.545. The van der Waals surface area contributed by atoms with Crippen molar-refractivity contribution in [3.63, 3.8) is 0 Å². The number of hydrogen-bond acceptors (Lipinski definition) is 5. The largest absolute Gasteiger partial charge is 0.391 e. The van der Waals surface area contributed by atoms with Gasteiger partial charge in [0.1, 0.15) is 0 Å². The molecular weight excluding hydrogens is 354 g/mol. The minimum Gasteiger partial charge on any atom is -0.391 e. The van der Waals surface area contributed by atoms with Gasteiger partial charge in [-0.1, -0.05) is 18.2 Å². The number of fused-ring (bicyclic) bond motifs is 2. The van der Waals surface area contributed by atoms with E-state index in [0.717, 1.165) is 63.1 Å². The molecule has 3 heterocycles. The van der Waals surface area contributed by atoms with Crippen molar-refractivity contribution in [2.24, 2.45) is 11.8 Å². The Balaban J connectivity index is 1.30. The average Bonchev–Trinajstić information content (AvgIpc) is 3.15. The van der Waals surface area contributed by atoms with Crippen LogP contribution in [0.4, 0.5) is 0 Å². The van der Waals surface area contributed by atoms with Gasteiger partial charge in [-0.2, -0.15) is 0 Å². The zero-order valence-corrected chi connectivity index (χ0v) is 16.0. The van der Waals surface area contributed by atoms with Gasteiger partial charge in [-0.3, -0.25) is 14.7 Å². The van der Waals surface area contributed by atoms with Crippen molar-refractivity contribution in [1.82, 2.24) is 14.8 Å². The van der Waals surface area contributed by atoms with Crippen molar-refractivity contribution in [3.8, 4) is 0 Å². The van der Waals surface area contributed by atoms with E-state index in [-0.39, 0.29) is 18.1 Å². The van der Waals surface area contributed by atoms with Gasteiger partial charge in [-0.15, -0.1) is 0 Å². The molecule has 6 heteroatoms. The summed E-state index contributed by atoms with van der Waals surface area (Å²) < 4.78 is 5.46. The number of carbonyl (C=O) groups excluding carboxylic acids is 1. The molecule has 2 aromatic rings. The van der Waals surface area contributed by atoms with Crippen LogP contribution in [0.1, 0.15) is 23.2 Å². The van der Waals surface area contributed by atoms with E-state index in [1.54, 1.807) is 6.20 Å². The van der Waals surface area contributed by atoms with E-state index in [9.17, 15) is 9.90 Å². The number of morpholine rings is 1. The lowest BCUT2D eigenvalue weighted by Gasteiger charge is -2.43. The lowest BCUT2D eigenvalue weighted by Crippen LogP contribution is -2.53. The molecule has 28 heavy (non-hydrogen) atoms. The molecule has 3 aliphatic rings. The Morgan fingerprint density at radius 2 is 1.86 bits per heavy atom. The Bertz CT molecular complexity index is 867. The molecular formula is C22H27N3O3. The molecule has 4 atom stereocenters. The molecule has 0 spiro atoms. The third-order valence-corrected chi connectivity index (χ3v) is 6.75. The van der Waals surface area contributed by atoms with Crippen LogP contribution >= 0.6 is 0 Å². The third-order valence-electron chi connectivity index (χ3n) is 6.75. The highest BCUT2D eigenvalue weighted by molar-refractivity contribution is 5.97. The van der Waals surface area contributed by atoms with Crippen LogP contribution in [-0.2, 0) is 4.74 Å². The van der Waals surface area contributed by atoms with Gasteiger partial charge in [0.05, 0.1) is 30.4 Å². The van der Waals surface area contributed by atoms with Crippen molar-refractivity contribution in [3.05, 3.63) is 42.1 Å². The number of aliphatic hydroxyl groups is 1. The van der Waals surface area contributed by atoms with E-state index in [4.69, 9.17) is 4.74 Å². The first-order chi connectivity index (χ1) is 13.7. The second-order valence-electron chi connectivity index (χ2n) is 8.40. The van der Waals surface area contributed by atoms with Crippen molar-refractivity contribution in [2.45, 2.75) is 25.0 Å². The Morgan fingerprint density at radius 1 is 1.11 bits per heavy atom. The topological polar surface area (TPSA) is 65.9 Å². The minimum atomic E-state index is -0.309. The summed E-state index contributed by atoms with van der Waals surface area (Å²) in [6.07, 6.45) is 3.13. The number of para-hydroxylation sites is 1. The number of amides is 1. The number of likely N-dealkylation sites (tertiary alicyclic amines) is 1. The zero-order chi connectivity index (χ0) is 19.1. The van der Waals surface area contributed by atoms with Gasteiger partial charge in [0.15, 0.2) is 0 Å². The molecule has 1 aliphatic carbocycles. The predicted molar refractivity (Wildman–Crippen MR) is 106 cm³/mol. The van der Waals surface area contributed by atoms with Crippen molar-refractivity contribution >= 4 is 16.8 Å². The Hall–Kier alpha value is -2.02. The molecule has 1 aromatic carbocycles. The molecule has 148 valence electrons. The number of benzene rings is 1. The molecule has 3 fully saturated rings. The van der Waals surface area contributed by atoms with Crippen LogP contribution in [0.5, 0.6) is 0 Å². The van der Waals surface area contributed by atoms with E-state index < -0.39 is 0 Å². The van der Waals surface area contributed by atoms with Gasteiger partial charge in [-0.05, 0) is 36.8 Å². The molecule has 2 saturated heterocycles. The normalized spacial score (nSPS) is 31.1. The molecule has 0 unspecified atom stereocenters. The molecule has 1 saturated carbocycles. The molecule has 2 aliphatic heterocycles. The van der Waals surface area contributed by atoms with Gasteiger partial charge in [-0.25, -0.2) is 0 Å². The van der Waals surface area contributed by atoms with Crippen molar-refractivity contribution < 1.29 is 14.6 Å². The van der Waals surface area contributed by atoms with Crippen LogP contribution in [-0.4, -0.2) is 77.3 Å². The smallest absolute Gasteiger partial charge is 0.255 e. The standard InChI is InChI=1S/C22H27N3O3/c26-21-11-18-14-25(13-17(18)10-20(21)24-5-7-28-8-6-24)22(27)16-9-15-3-1-2-4-19(15)23-12-16/h1-4,9,12,17-18,20-21,26H,5-8,10-11,13-14H2/t17-,18+,20-,21-/m1/s1. The number of ether oxygens (including phenoxy) is 1. The number of aromatic nitrogens is 1. The molecule has 0 radical (unpaired) electrons.